The van der Waals surface area contributed by atoms with Crippen LogP contribution in [0.25, 0.3) is 0 Å². The van der Waals surface area contributed by atoms with Crippen molar-refractivity contribution in [1.82, 2.24) is 4.90 Å². The predicted octanol–water partition coefficient (Wildman–Crippen LogP) is 1.81. The minimum absolute atomic E-state index is 0.114. The number of amides is 1. The zero-order chi connectivity index (χ0) is 17.4. The van der Waals surface area contributed by atoms with E-state index in [2.05, 4.69) is 18.3 Å². The van der Waals surface area contributed by atoms with Crippen LogP contribution >= 0.6 is 23.5 Å². The third kappa shape index (κ3) is 2.58. The normalized spacial score (nSPS) is 28.3. The van der Waals surface area contributed by atoms with E-state index in [1.165, 1.54) is 17.9 Å². The van der Waals surface area contributed by atoms with Gasteiger partial charge in [-0.15, -0.1) is 6.58 Å². The summed E-state index contributed by atoms with van der Waals surface area (Å²) >= 11 is 2.07. The summed E-state index contributed by atoms with van der Waals surface area (Å²) in [6.45, 7) is 8.64. The van der Waals surface area contributed by atoms with E-state index < -0.39 is 28.8 Å². The predicted molar refractivity (Wildman–Crippen MR) is 88.8 cm³/mol. The number of thioether (sulfide) groups is 2. The van der Waals surface area contributed by atoms with Gasteiger partial charge in [-0.3, -0.25) is 9.69 Å². The molecule has 0 spiro atoms. The van der Waals surface area contributed by atoms with E-state index >= 15 is 0 Å². The van der Waals surface area contributed by atoms with E-state index in [-0.39, 0.29) is 10.7 Å². The molecular formula is C14H16N2O5S2. The van der Waals surface area contributed by atoms with Crippen molar-refractivity contribution in [3.8, 4) is 0 Å². The van der Waals surface area contributed by atoms with Crippen LogP contribution in [-0.2, 0) is 9.59 Å². The Bertz CT molecular complexity index is 643. The van der Waals surface area contributed by atoms with Gasteiger partial charge >= 0.3 is 5.97 Å². The van der Waals surface area contributed by atoms with Crippen molar-refractivity contribution < 1.29 is 25.0 Å². The number of rotatable bonds is 6. The van der Waals surface area contributed by atoms with Gasteiger partial charge in [0.05, 0.1) is 16.3 Å². The highest BCUT2D eigenvalue weighted by atomic mass is 32.2. The topological polar surface area (TPSA) is 110 Å². The lowest BCUT2D eigenvalue weighted by Gasteiger charge is -2.53. The van der Waals surface area contributed by atoms with Crippen LogP contribution in [0, 0.1) is 5.92 Å². The summed E-state index contributed by atoms with van der Waals surface area (Å²) in [5, 5.41) is 31.5. The van der Waals surface area contributed by atoms with E-state index in [1.807, 2.05) is 0 Å². The number of carbonyl (C=O) groups is 2. The molecule has 2 rings (SSSR count). The fraction of sp³-hybridized carbons (Fsp3) is 0.357. The van der Waals surface area contributed by atoms with Gasteiger partial charge in [-0.05, 0) is 19.4 Å². The first-order chi connectivity index (χ1) is 10.8. The van der Waals surface area contributed by atoms with Crippen molar-refractivity contribution in [2.75, 3.05) is 0 Å². The molecule has 9 heteroatoms. The Hall–Kier alpha value is -1.71. The molecule has 3 atom stereocenters. The van der Waals surface area contributed by atoms with Crippen LogP contribution in [0.1, 0.15) is 13.3 Å². The van der Waals surface area contributed by atoms with Gasteiger partial charge in [0.2, 0.25) is 5.91 Å². The number of nitrogens with zero attached hydrogens (tertiary/aromatic N) is 2. The van der Waals surface area contributed by atoms with Crippen molar-refractivity contribution in [2.45, 2.75) is 24.3 Å². The maximum absolute atomic E-state index is 12.4. The zero-order valence-electron chi connectivity index (χ0n) is 12.3. The highest BCUT2D eigenvalue weighted by Gasteiger charge is 2.68. The fourth-order valence-corrected chi connectivity index (χ4v) is 5.74. The first-order valence-corrected chi connectivity index (χ1v) is 8.29. The smallest absolute Gasteiger partial charge is 0.354 e. The second-order valence-electron chi connectivity index (χ2n) is 5.02. The van der Waals surface area contributed by atoms with Gasteiger partial charge < -0.3 is 15.4 Å². The monoisotopic (exact) mass is 356 g/mol. The van der Waals surface area contributed by atoms with E-state index in [1.54, 1.807) is 6.08 Å². The Kier molecular flexibility index (Phi) is 4.92. The Morgan fingerprint density at radius 3 is 2.70 bits per heavy atom. The van der Waals surface area contributed by atoms with Gasteiger partial charge in [0.15, 0.2) is 5.70 Å². The fourth-order valence-electron chi connectivity index (χ4n) is 2.80. The van der Waals surface area contributed by atoms with Gasteiger partial charge in [-0.25, -0.2) is 4.79 Å². The van der Waals surface area contributed by atoms with Crippen LogP contribution in [0.15, 0.2) is 40.4 Å². The first-order valence-electron chi connectivity index (χ1n) is 6.66. The molecule has 0 bridgehead atoms. The minimum atomic E-state index is -1.26. The van der Waals surface area contributed by atoms with E-state index in [9.17, 15) is 19.8 Å². The molecule has 2 aliphatic heterocycles. The van der Waals surface area contributed by atoms with Crippen LogP contribution in [-0.4, -0.2) is 48.2 Å². The average molecular weight is 356 g/mol. The third-order valence-corrected chi connectivity index (χ3v) is 6.30. The maximum atomic E-state index is 12.4. The molecule has 3 N–H and O–H groups in total. The summed E-state index contributed by atoms with van der Waals surface area (Å²) in [4.78, 5) is 24.3. The molecule has 2 heterocycles. The molecule has 0 aromatic carbocycles. The Balaban J connectivity index is 2.48. The van der Waals surface area contributed by atoms with E-state index in [4.69, 9.17) is 5.21 Å². The standard InChI is InChI=1S/C14H16N2O5S2/c1-4-6-14-9(7(3)17)11(18)16(14)10(12(19)20)13(23-14)22-8(5-2)15-21/h4-5,7,9,17,21H,1-2,6H2,3H3,(H,19,20)/t7?,9?,14-/m1/s1. The highest BCUT2D eigenvalue weighted by molar-refractivity contribution is 8.30. The van der Waals surface area contributed by atoms with Gasteiger partial charge in [0.25, 0.3) is 0 Å². The Morgan fingerprint density at radius 1 is 1.61 bits per heavy atom. The Labute approximate surface area is 141 Å². The lowest BCUT2D eigenvalue weighted by Crippen LogP contribution is -2.69. The third-order valence-electron chi connectivity index (χ3n) is 3.63. The number of aliphatic hydroxyl groups is 1. The summed E-state index contributed by atoms with van der Waals surface area (Å²) in [5.74, 6) is -2.43. The molecule has 7 nitrogen and oxygen atoms in total. The van der Waals surface area contributed by atoms with Crippen molar-refractivity contribution in [3.63, 3.8) is 0 Å². The minimum Gasteiger partial charge on any atom is -0.477 e. The summed E-state index contributed by atoms with van der Waals surface area (Å²) in [7, 11) is 0. The number of carbonyl (C=O) groups excluding carboxylic acids is 1. The van der Waals surface area contributed by atoms with Gasteiger partial charge in [0.1, 0.15) is 9.91 Å². The van der Waals surface area contributed by atoms with Crippen LogP contribution in [0.3, 0.4) is 0 Å². The molecule has 1 amide bonds. The van der Waals surface area contributed by atoms with Crippen LogP contribution in [0.4, 0.5) is 0 Å². The second kappa shape index (κ2) is 6.42. The number of hydrogen-bond acceptors (Lipinski definition) is 7. The van der Waals surface area contributed by atoms with Gasteiger partial charge in [0, 0.05) is 0 Å². The number of carboxylic acids is 1. The molecule has 0 aromatic heterocycles. The zero-order valence-corrected chi connectivity index (χ0v) is 13.9. The number of β-lactam (4-membered cyclic amide) rings is 1. The number of hydrogen-bond donors (Lipinski definition) is 3. The van der Waals surface area contributed by atoms with Crippen molar-refractivity contribution in [2.24, 2.45) is 11.1 Å². The first kappa shape index (κ1) is 17.6. The quantitative estimate of drug-likeness (QED) is 0.166. The van der Waals surface area contributed by atoms with Crippen molar-refractivity contribution >= 4 is 40.4 Å². The van der Waals surface area contributed by atoms with E-state index in [0.717, 1.165) is 23.5 Å². The summed E-state index contributed by atoms with van der Waals surface area (Å²) < 4.78 is 0.309. The molecule has 0 saturated carbocycles. The molecular weight excluding hydrogens is 340 g/mol. The van der Waals surface area contributed by atoms with Gasteiger partial charge in [-0.2, -0.15) is 0 Å². The molecule has 0 aromatic rings. The lowest BCUT2D eigenvalue weighted by molar-refractivity contribution is -0.166. The number of aliphatic carboxylic acids is 1. The number of oxime groups is 1. The largest absolute Gasteiger partial charge is 0.477 e. The van der Waals surface area contributed by atoms with E-state index in [0.29, 0.717) is 10.7 Å². The van der Waals surface area contributed by atoms with Gasteiger partial charge in [-0.1, -0.05) is 41.3 Å². The summed E-state index contributed by atoms with van der Waals surface area (Å²) in [6, 6.07) is 0. The summed E-state index contributed by atoms with van der Waals surface area (Å²) in [5.41, 5.74) is -0.174. The van der Waals surface area contributed by atoms with Crippen LogP contribution in [0.2, 0.25) is 0 Å². The Morgan fingerprint density at radius 2 is 2.26 bits per heavy atom. The number of carboxylic acid groups (broad SMARTS) is 1. The number of aliphatic hydroxyl groups excluding tert-OH is 1. The molecule has 2 unspecified atom stereocenters. The molecule has 0 radical (unpaired) electrons. The number of fused-ring (bicyclic) bond motifs is 1. The molecule has 1 fully saturated rings. The molecule has 124 valence electrons. The van der Waals surface area contributed by atoms with Crippen molar-refractivity contribution in [1.29, 1.82) is 0 Å². The SMILES string of the molecule is C=CC[C@]12SC(SC(C=C)=NO)=C(C(=O)O)N1C(=O)C2C(C)O. The van der Waals surface area contributed by atoms with Crippen molar-refractivity contribution in [3.05, 3.63) is 35.2 Å². The highest BCUT2D eigenvalue weighted by Crippen LogP contribution is 2.63. The average Bonchev–Trinajstić information content (AvgIpc) is 2.74. The summed E-state index contributed by atoms with van der Waals surface area (Å²) in [6.07, 6.45) is 2.26. The second-order valence-corrected chi connectivity index (χ2v) is 7.63. The van der Waals surface area contributed by atoms with Crippen LogP contribution < -0.4 is 0 Å². The maximum Gasteiger partial charge on any atom is 0.354 e. The molecule has 23 heavy (non-hydrogen) atoms. The molecule has 0 aliphatic carbocycles. The van der Waals surface area contributed by atoms with Crippen LogP contribution in [0.5, 0.6) is 0 Å². The molecule has 1 saturated heterocycles. The lowest BCUT2D eigenvalue weighted by atomic mass is 9.80. The molecule has 2 aliphatic rings.